The minimum atomic E-state index is -0.675. The van der Waals surface area contributed by atoms with E-state index in [4.69, 9.17) is 11.6 Å². The SMILES string of the molecule is CN(C)c1cccc(NC(=O)C(=O)NCCCCl)c1. The van der Waals surface area contributed by atoms with Crippen LogP contribution >= 0.6 is 11.6 Å². The molecular weight excluding hydrogens is 266 g/mol. The number of benzene rings is 1. The Balaban J connectivity index is 2.56. The summed E-state index contributed by atoms with van der Waals surface area (Å²) in [6.07, 6.45) is 0.636. The summed E-state index contributed by atoms with van der Waals surface area (Å²) >= 11 is 5.48. The lowest BCUT2D eigenvalue weighted by atomic mass is 10.2. The first-order valence-corrected chi connectivity index (χ1v) is 6.50. The molecule has 19 heavy (non-hydrogen) atoms. The molecule has 1 rings (SSSR count). The summed E-state index contributed by atoms with van der Waals surface area (Å²) < 4.78 is 0. The van der Waals surface area contributed by atoms with Gasteiger partial charge in [-0.1, -0.05) is 6.07 Å². The molecule has 2 N–H and O–H groups in total. The van der Waals surface area contributed by atoms with Gasteiger partial charge in [0.25, 0.3) is 0 Å². The maximum absolute atomic E-state index is 11.6. The van der Waals surface area contributed by atoms with Crippen LogP contribution in [0.25, 0.3) is 0 Å². The van der Waals surface area contributed by atoms with Crippen LogP contribution in [0.1, 0.15) is 6.42 Å². The number of rotatable bonds is 5. The molecule has 0 bridgehead atoms. The molecule has 2 amide bonds. The lowest BCUT2D eigenvalue weighted by molar-refractivity contribution is -0.136. The highest BCUT2D eigenvalue weighted by atomic mass is 35.5. The summed E-state index contributed by atoms with van der Waals surface area (Å²) in [5.41, 5.74) is 1.53. The van der Waals surface area contributed by atoms with Gasteiger partial charge in [0.15, 0.2) is 0 Å². The summed E-state index contributed by atoms with van der Waals surface area (Å²) in [7, 11) is 3.81. The van der Waals surface area contributed by atoms with Crippen LogP contribution in [0.2, 0.25) is 0 Å². The normalized spacial score (nSPS) is 9.84. The van der Waals surface area contributed by atoms with Crippen LogP contribution in [0.15, 0.2) is 24.3 Å². The molecule has 1 aromatic carbocycles. The Bertz CT molecular complexity index is 449. The summed E-state index contributed by atoms with van der Waals surface area (Å²) in [5.74, 6) is -0.877. The first kappa shape index (κ1) is 15.3. The molecule has 5 nitrogen and oxygen atoms in total. The minimum absolute atomic E-state index is 0.396. The molecule has 0 saturated carbocycles. The Hall–Kier alpha value is -1.75. The maximum atomic E-state index is 11.6. The van der Waals surface area contributed by atoms with E-state index in [1.807, 2.05) is 31.1 Å². The molecule has 0 aliphatic carbocycles. The van der Waals surface area contributed by atoms with Gasteiger partial charge in [-0.25, -0.2) is 0 Å². The van der Waals surface area contributed by atoms with Crippen LogP contribution in [-0.4, -0.2) is 38.3 Å². The predicted molar refractivity (Wildman–Crippen MR) is 77.7 cm³/mol. The van der Waals surface area contributed by atoms with Gasteiger partial charge in [0.1, 0.15) is 0 Å². The molecule has 0 atom stereocenters. The molecule has 0 saturated heterocycles. The Morgan fingerprint density at radius 2 is 2.00 bits per heavy atom. The van der Waals surface area contributed by atoms with Crippen molar-refractivity contribution in [3.8, 4) is 0 Å². The van der Waals surface area contributed by atoms with Gasteiger partial charge in [0.05, 0.1) is 0 Å². The molecular formula is C13H18ClN3O2. The quantitative estimate of drug-likeness (QED) is 0.488. The number of amides is 2. The van der Waals surface area contributed by atoms with Crippen molar-refractivity contribution in [3.63, 3.8) is 0 Å². The summed E-state index contributed by atoms with van der Waals surface area (Å²) in [4.78, 5) is 25.0. The van der Waals surface area contributed by atoms with Crippen molar-refractivity contribution in [1.29, 1.82) is 0 Å². The third-order valence-electron chi connectivity index (χ3n) is 2.42. The van der Waals surface area contributed by atoms with E-state index >= 15 is 0 Å². The molecule has 0 aliphatic heterocycles. The lowest BCUT2D eigenvalue weighted by Crippen LogP contribution is -2.36. The number of hydrogen-bond acceptors (Lipinski definition) is 3. The van der Waals surface area contributed by atoms with E-state index in [-0.39, 0.29) is 0 Å². The van der Waals surface area contributed by atoms with Gasteiger partial charge in [-0.2, -0.15) is 0 Å². The van der Waals surface area contributed by atoms with Crippen molar-refractivity contribution in [2.45, 2.75) is 6.42 Å². The van der Waals surface area contributed by atoms with Crippen LogP contribution < -0.4 is 15.5 Å². The minimum Gasteiger partial charge on any atom is -0.378 e. The summed E-state index contributed by atoms with van der Waals surface area (Å²) in [6, 6.07) is 7.26. The molecule has 0 spiro atoms. The molecule has 0 aromatic heterocycles. The molecule has 0 fully saturated rings. The second-order valence-electron chi connectivity index (χ2n) is 4.20. The fourth-order valence-corrected chi connectivity index (χ4v) is 1.53. The number of alkyl halides is 1. The zero-order chi connectivity index (χ0) is 14.3. The number of nitrogens with zero attached hydrogens (tertiary/aromatic N) is 1. The standard InChI is InChI=1S/C13H18ClN3O2/c1-17(2)11-6-3-5-10(9-11)16-13(19)12(18)15-8-4-7-14/h3,5-6,9H,4,7-8H2,1-2H3,(H,15,18)(H,16,19). The number of halogens is 1. The highest BCUT2D eigenvalue weighted by molar-refractivity contribution is 6.39. The van der Waals surface area contributed by atoms with Crippen LogP contribution in [0.4, 0.5) is 11.4 Å². The lowest BCUT2D eigenvalue weighted by Gasteiger charge is -2.13. The van der Waals surface area contributed by atoms with Crippen molar-refractivity contribution >= 4 is 34.8 Å². The molecule has 1 aromatic rings. The second kappa shape index (κ2) is 7.63. The Morgan fingerprint density at radius 3 is 2.63 bits per heavy atom. The monoisotopic (exact) mass is 283 g/mol. The highest BCUT2D eigenvalue weighted by Crippen LogP contribution is 2.16. The average molecular weight is 284 g/mol. The van der Waals surface area contributed by atoms with Gasteiger partial charge in [0.2, 0.25) is 0 Å². The van der Waals surface area contributed by atoms with Crippen LogP contribution in [0.5, 0.6) is 0 Å². The number of hydrogen-bond donors (Lipinski definition) is 2. The summed E-state index contributed by atoms with van der Waals surface area (Å²) in [5, 5.41) is 5.05. The largest absolute Gasteiger partial charge is 0.378 e. The van der Waals surface area contributed by atoms with Crippen molar-refractivity contribution in [2.24, 2.45) is 0 Å². The Kier molecular flexibility index (Phi) is 6.15. The molecule has 0 aliphatic rings. The van der Waals surface area contributed by atoms with Crippen molar-refractivity contribution in [3.05, 3.63) is 24.3 Å². The van der Waals surface area contributed by atoms with Gasteiger partial charge in [0, 0.05) is 37.9 Å². The topological polar surface area (TPSA) is 61.4 Å². The number of anilines is 2. The van der Waals surface area contributed by atoms with Crippen LogP contribution in [-0.2, 0) is 9.59 Å². The number of nitrogens with one attached hydrogen (secondary N) is 2. The number of carbonyl (C=O) groups excluding carboxylic acids is 2. The smallest absolute Gasteiger partial charge is 0.313 e. The molecule has 0 heterocycles. The van der Waals surface area contributed by atoms with Crippen LogP contribution in [0, 0.1) is 0 Å². The summed E-state index contributed by atoms with van der Waals surface area (Å²) in [6.45, 7) is 0.396. The van der Waals surface area contributed by atoms with E-state index in [1.165, 1.54) is 0 Å². The van der Waals surface area contributed by atoms with E-state index in [0.717, 1.165) is 5.69 Å². The first-order valence-electron chi connectivity index (χ1n) is 5.97. The Morgan fingerprint density at radius 1 is 1.26 bits per heavy atom. The predicted octanol–water partition coefficient (Wildman–Crippen LogP) is 1.44. The Labute approximate surface area is 117 Å². The number of carbonyl (C=O) groups is 2. The fourth-order valence-electron chi connectivity index (χ4n) is 1.40. The average Bonchev–Trinajstić information content (AvgIpc) is 2.39. The highest BCUT2D eigenvalue weighted by Gasteiger charge is 2.13. The zero-order valence-electron chi connectivity index (χ0n) is 11.1. The van der Waals surface area contributed by atoms with E-state index in [1.54, 1.807) is 12.1 Å². The van der Waals surface area contributed by atoms with Gasteiger partial charge < -0.3 is 15.5 Å². The van der Waals surface area contributed by atoms with Crippen LogP contribution in [0.3, 0.4) is 0 Å². The van der Waals surface area contributed by atoms with E-state index < -0.39 is 11.8 Å². The second-order valence-corrected chi connectivity index (χ2v) is 4.58. The zero-order valence-corrected chi connectivity index (χ0v) is 11.8. The maximum Gasteiger partial charge on any atom is 0.313 e. The molecule has 0 unspecified atom stereocenters. The third-order valence-corrected chi connectivity index (χ3v) is 2.69. The fraction of sp³-hybridized carbons (Fsp3) is 0.385. The van der Waals surface area contributed by atoms with Crippen molar-refractivity contribution < 1.29 is 9.59 Å². The van der Waals surface area contributed by atoms with E-state index in [0.29, 0.717) is 24.5 Å². The van der Waals surface area contributed by atoms with Crippen molar-refractivity contribution in [1.82, 2.24) is 5.32 Å². The van der Waals surface area contributed by atoms with Gasteiger partial charge >= 0.3 is 11.8 Å². The van der Waals surface area contributed by atoms with Gasteiger partial charge in [-0.05, 0) is 24.6 Å². The molecule has 104 valence electrons. The van der Waals surface area contributed by atoms with E-state index in [9.17, 15) is 9.59 Å². The van der Waals surface area contributed by atoms with Gasteiger partial charge in [-0.3, -0.25) is 9.59 Å². The molecule has 0 radical (unpaired) electrons. The van der Waals surface area contributed by atoms with Gasteiger partial charge in [-0.15, -0.1) is 11.6 Å². The van der Waals surface area contributed by atoms with Crippen molar-refractivity contribution in [2.75, 3.05) is 36.7 Å². The third kappa shape index (κ3) is 5.18. The van der Waals surface area contributed by atoms with E-state index in [2.05, 4.69) is 10.6 Å². The molecule has 6 heteroatoms. The first-order chi connectivity index (χ1) is 9.04.